The number of nitrogens with one attached hydrogen (secondary N) is 1. The zero-order chi connectivity index (χ0) is 19.5. The molecule has 0 aliphatic rings. The monoisotopic (exact) mass is 370 g/mol. The lowest BCUT2D eigenvalue weighted by molar-refractivity contribution is 0.102. The molecule has 0 aliphatic heterocycles. The van der Waals surface area contributed by atoms with E-state index in [0.717, 1.165) is 16.5 Å². The third-order valence-electron chi connectivity index (χ3n) is 4.47. The van der Waals surface area contributed by atoms with Crippen LogP contribution in [0, 0.1) is 6.92 Å². The van der Waals surface area contributed by atoms with E-state index in [1.54, 1.807) is 36.7 Å². The Hall–Kier alpha value is -3.80. The molecule has 1 aromatic carbocycles. The summed E-state index contributed by atoms with van der Waals surface area (Å²) in [6.45, 7) is 2.34. The van der Waals surface area contributed by atoms with Crippen molar-refractivity contribution >= 4 is 22.6 Å². The molecule has 1 amide bonds. The fraction of sp³-hybridized carbons (Fsp3) is 0.0909. The first-order chi connectivity index (χ1) is 13.6. The largest absolute Gasteiger partial charge is 0.320 e. The molecule has 0 saturated carbocycles. The molecular weight excluding hydrogens is 352 g/mol. The molecule has 0 atom stereocenters. The van der Waals surface area contributed by atoms with Gasteiger partial charge < -0.3 is 5.32 Å². The molecule has 6 heteroatoms. The Morgan fingerprint density at radius 2 is 1.86 bits per heavy atom. The van der Waals surface area contributed by atoms with E-state index in [4.69, 9.17) is 0 Å². The van der Waals surface area contributed by atoms with E-state index in [1.165, 1.54) is 10.8 Å². The molecule has 0 radical (unpaired) electrons. The van der Waals surface area contributed by atoms with Gasteiger partial charge in [0.15, 0.2) is 0 Å². The molecule has 4 aromatic rings. The Bertz CT molecular complexity index is 1200. The van der Waals surface area contributed by atoms with Crippen LogP contribution in [0.1, 0.15) is 21.5 Å². The SMILES string of the molecule is Cc1ccc(Cn2c(=O)c(C(=O)Nc3cccnc3)cc3cccnc32)cc1. The highest BCUT2D eigenvalue weighted by molar-refractivity contribution is 6.05. The average molecular weight is 370 g/mol. The number of nitrogens with zero attached hydrogens (tertiary/aromatic N) is 3. The summed E-state index contributed by atoms with van der Waals surface area (Å²) in [5, 5.41) is 3.45. The number of hydrogen-bond acceptors (Lipinski definition) is 4. The van der Waals surface area contributed by atoms with E-state index in [0.29, 0.717) is 17.9 Å². The predicted octanol–water partition coefficient (Wildman–Crippen LogP) is 3.40. The number of carbonyl (C=O) groups excluding carboxylic acids is 1. The highest BCUT2D eigenvalue weighted by atomic mass is 16.2. The fourth-order valence-corrected chi connectivity index (χ4v) is 3.03. The smallest absolute Gasteiger partial charge is 0.265 e. The Morgan fingerprint density at radius 1 is 1.07 bits per heavy atom. The summed E-state index contributed by atoms with van der Waals surface area (Å²) in [6.07, 6.45) is 4.79. The summed E-state index contributed by atoms with van der Waals surface area (Å²) < 4.78 is 1.54. The molecule has 6 nitrogen and oxygen atoms in total. The van der Waals surface area contributed by atoms with Crippen molar-refractivity contribution in [2.24, 2.45) is 0 Å². The van der Waals surface area contributed by atoms with Crippen LogP contribution in [0.4, 0.5) is 5.69 Å². The standard InChI is InChI=1S/C22H18N4O2/c1-15-6-8-16(9-7-15)14-26-20-17(4-2-11-24-20)12-19(22(26)28)21(27)25-18-5-3-10-23-13-18/h2-13H,14H2,1H3,(H,25,27). The summed E-state index contributed by atoms with van der Waals surface area (Å²) in [6, 6.07) is 16.6. The van der Waals surface area contributed by atoms with E-state index < -0.39 is 5.91 Å². The van der Waals surface area contributed by atoms with Crippen molar-refractivity contribution in [1.29, 1.82) is 0 Å². The van der Waals surface area contributed by atoms with Crippen molar-refractivity contribution in [3.05, 3.63) is 100 Å². The Labute approximate surface area is 161 Å². The first-order valence-electron chi connectivity index (χ1n) is 8.87. The van der Waals surface area contributed by atoms with Gasteiger partial charge >= 0.3 is 0 Å². The number of fused-ring (bicyclic) bond motifs is 1. The van der Waals surface area contributed by atoms with Crippen LogP contribution in [0.5, 0.6) is 0 Å². The average Bonchev–Trinajstić information content (AvgIpc) is 2.72. The van der Waals surface area contributed by atoms with Crippen LogP contribution in [-0.2, 0) is 6.54 Å². The number of rotatable bonds is 4. The molecular formula is C22H18N4O2. The van der Waals surface area contributed by atoms with Crippen molar-refractivity contribution < 1.29 is 4.79 Å². The molecule has 1 N–H and O–H groups in total. The third kappa shape index (κ3) is 3.53. The van der Waals surface area contributed by atoms with E-state index in [9.17, 15) is 9.59 Å². The molecule has 0 spiro atoms. The van der Waals surface area contributed by atoms with Crippen molar-refractivity contribution in [1.82, 2.24) is 14.5 Å². The highest BCUT2D eigenvalue weighted by Crippen LogP contribution is 2.14. The lowest BCUT2D eigenvalue weighted by Gasteiger charge is -2.12. The molecule has 0 saturated heterocycles. The van der Waals surface area contributed by atoms with E-state index in [-0.39, 0.29) is 11.1 Å². The maximum absolute atomic E-state index is 13.1. The third-order valence-corrected chi connectivity index (χ3v) is 4.47. The van der Waals surface area contributed by atoms with Gasteiger partial charge in [0.1, 0.15) is 11.2 Å². The molecule has 28 heavy (non-hydrogen) atoms. The summed E-state index contributed by atoms with van der Waals surface area (Å²) in [5.74, 6) is -0.471. The maximum atomic E-state index is 13.1. The summed E-state index contributed by atoms with van der Waals surface area (Å²) in [7, 11) is 0. The Balaban J connectivity index is 1.79. The number of amides is 1. The number of pyridine rings is 3. The van der Waals surface area contributed by atoms with Crippen LogP contribution in [0.3, 0.4) is 0 Å². The normalized spacial score (nSPS) is 10.8. The molecule has 0 fully saturated rings. The number of hydrogen-bond donors (Lipinski definition) is 1. The van der Waals surface area contributed by atoms with Gasteiger partial charge in [0.2, 0.25) is 0 Å². The summed E-state index contributed by atoms with van der Waals surface area (Å²) in [5.41, 5.74) is 2.87. The van der Waals surface area contributed by atoms with Gasteiger partial charge in [-0.2, -0.15) is 0 Å². The first kappa shape index (κ1) is 17.6. The Kier molecular flexibility index (Phi) is 4.68. The molecule has 4 rings (SSSR count). The number of anilines is 1. The minimum Gasteiger partial charge on any atom is -0.320 e. The van der Waals surface area contributed by atoms with Crippen LogP contribution in [-0.4, -0.2) is 20.4 Å². The number of aryl methyl sites for hydroxylation is 1. The molecule has 0 bridgehead atoms. The first-order valence-corrected chi connectivity index (χ1v) is 8.87. The van der Waals surface area contributed by atoms with Crippen molar-refractivity contribution in [3.8, 4) is 0 Å². The van der Waals surface area contributed by atoms with Crippen molar-refractivity contribution in [2.45, 2.75) is 13.5 Å². The van der Waals surface area contributed by atoms with Gasteiger partial charge in [-0.25, -0.2) is 4.98 Å². The van der Waals surface area contributed by atoms with Gasteiger partial charge in [0, 0.05) is 17.8 Å². The van der Waals surface area contributed by atoms with Crippen LogP contribution in [0.2, 0.25) is 0 Å². The Morgan fingerprint density at radius 3 is 2.61 bits per heavy atom. The minimum absolute atomic E-state index is 0.0662. The molecule has 3 heterocycles. The highest BCUT2D eigenvalue weighted by Gasteiger charge is 2.17. The predicted molar refractivity (Wildman–Crippen MR) is 108 cm³/mol. The number of aromatic nitrogens is 3. The summed E-state index contributed by atoms with van der Waals surface area (Å²) in [4.78, 5) is 34.2. The summed E-state index contributed by atoms with van der Waals surface area (Å²) >= 11 is 0. The second kappa shape index (κ2) is 7.44. The molecule has 138 valence electrons. The lowest BCUT2D eigenvalue weighted by Crippen LogP contribution is -2.30. The fourth-order valence-electron chi connectivity index (χ4n) is 3.03. The van der Waals surface area contributed by atoms with Crippen LogP contribution in [0.15, 0.2) is 78.0 Å². The van der Waals surface area contributed by atoms with Gasteiger partial charge in [-0.1, -0.05) is 29.8 Å². The van der Waals surface area contributed by atoms with Gasteiger partial charge in [-0.05, 0) is 42.8 Å². The van der Waals surface area contributed by atoms with Gasteiger partial charge in [-0.15, -0.1) is 0 Å². The van der Waals surface area contributed by atoms with Crippen molar-refractivity contribution in [3.63, 3.8) is 0 Å². The minimum atomic E-state index is -0.471. The second-order valence-corrected chi connectivity index (χ2v) is 6.55. The van der Waals surface area contributed by atoms with E-state index >= 15 is 0 Å². The quantitative estimate of drug-likeness (QED) is 0.597. The topological polar surface area (TPSA) is 76.9 Å². The van der Waals surface area contributed by atoms with E-state index in [2.05, 4.69) is 15.3 Å². The zero-order valence-corrected chi connectivity index (χ0v) is 15.3. The van der Waals surface area contributed by atoms with Crippen molar-refractivity contribution in [2.75, 3.05) is 5.32 Å². The van der Waals surface area contributed by atoms with Gasteiger partial charge in [-0.3, -0.25) is 19.1 Å². The van der Waals surface area contributed by atoms with Gasteiger partial charge in [0.05, 0.1) is 18.4 Å². The molecule has 0 aliphatic carbocycles. The maximum Gasteiger partial charge on any atom is 0.265 e. The zero-order valence-electron chi connectivity index (χ0n) is 15.3. The molecule has 0 unspecified atom stereocenters. The number of benzene rings is 1. The number of carbonyl (C=O) groups is 1. The lowest BCUT2D eigenvalue weighted by atomic mass is 10.1. The van der Waals surface area contributed by atoms with Crippen LogP contribution >= 0.6 is 0 Å². The van der Waals surface area contributed by atoms with Gasteiger partial charge in [0.25, 0.3) is 11.5 Å². The van der Waals surface area contributed by atoms with E-state index in [1.807, 2.05) is 37.3 Å². The second-order valence-electron chi connectivity index (χ2n) is 6.55. The van der Waals surface area contributed by atoms with Crippen LogP contribution < -0.4 is 10.9 Å². The van der Waals surface area contributed by atoms with Crippen LogP contribution in [0.25, 0.3) is 11.0 Å². The molecule has 3 aromatic heterocycles.